The molecule has 0 bridgehead atoms. The predicted molar refractivity (Wildman–Crippen MR) is 70.6 cm³/mol. The smallest absolute Gasteiger partial charge is 0.134 e. The molecule has 0 fully saturated rings. The number of carbonyl (C=O) groups is 1. The SMILES string of the molecule is CCc1cc(CC(C)=O)c(O)c(C(C)(C)C)c1. The fourth-order valence-electron chi connectivity index (χ4n) is 1.94. The summed E-state index contributed by atoms with van der Waals surface area (Å²) in [6.45, 7) is 9.84. The first-order chi connectivity index (χ1) is 7.75. The molecule has 1 rings (SSSR count). The lowest BCUT2D eigenvalue weighted by Gasteiger charge is -2.23. The summed E-state index contributed by atoms with van der Waals surface area (Å²) in [7, 11) is 0. The van der Waals surface area contributed by atoms with Crippen LogP contribution in [0.2, 0.25) is 0 Å². The summed E-state index contributed by atoms with van der Waals surface area (Å²) in [6.07, 6.45) is 1.22. The maximum absolute atomic E-state index is 11.2. The summed E-state index contributed by atoms with van der Waals surface area (Å²) in [4.78, 5) is 11.2. The van der Waals surface area contributed by atoms with Crippen molar-refractivity contribution in [3.63, 3.8) is 0 Å². The van der Waals surface area contributed by atoms with Crippen LogP contribution < -0.4 is 0 Å². The molecule has 0 amide bonds. The van der Waals surface area contributed by atoms with Gasteiger partial charge >= 0.3 is 0 Å². The summed E-state index contributed by atoms with van der Waals surface area (Å²) >= 11 is 0. The second-order valence-electron chi connectivity index (χ2n) is 5.63. The van der Waals surface area contributed by atoms with Gasteiger partial charge in [-0.3, -0.25) is 4.79 Å². The van der Waals surface area contributed by atoms with E-state index in [4.69, 9.17) is 0 Å². The second kappa shape index (κ2) is 4.91. The average Bonchev–Trinajstić information content (AvgIpc) is 2.18. The quantitative estimate of drug-likeness (QED) is 0.870. The van der Waals surface area contributed by atoms with E-state index < -0.39 is 0 Å². The first kappa shape index (κ1) is 13.8. The number of rotatable bonds is 3. The highest BCUT2D eigenvalue weighted by molar-refractivity contribution is 5.79. The molecule has 17 heavy (non-hydrogen) atoms. The molecule has 2 heteroatoms. The monoisotopic (exact) mass is 234 g/mol. The molecule has 0 aliphatic carbocycles. The lowest BCUT2D eigenvalue weighted by atomic mass is 9.83. The maximum Gasteiger partial charge on any atom is 0.134 e. The van der Waals surface area contributed by atoms with Crippen molar-refractivity contribution in [1.29, 1.82) is 0 Å². The number of hydrogen-bond acceptors (Lipinski definition) is 2. The third kappa shape index (κ3) is 3.32. The number of aryl methyl sites for hydroxylation is 1. The van der Waals surface area contributed by atoms with Gasteiger partial charge < -0.3 is 5.11 Å². The van der Waals surface area contributed by atoms with Crippen LogP contribution in [0.15, 0.2) is 12.1 Å². The summed E-state index contributed by atoms with van der Waals surface area (Å²) in [6, 6.07) is 3.98. The predicted octanol–water partition coefficient (Wildman–Crippen LogP) is 3.38. The van der Waals surface area contributed by atoms with E-state index >= 15 is 0 Å². The molecule has 0 saturated carbocycles. The maximum atomic E-state index is 11.2. The van der Waals surface area contributed by atoms with Crippen molar-refractivity contribution in [2.24, 2.45) is 0 Å². The number of phenolic OH excluding ortho intramolecular Hbond substituents is 1. The lowest BCUT2D eigenvalue weighted by molar-refractivity contribution is -0.116. The van der Waals surface area contributed by atoms with E-state index in [-0.39, 0.29) is 16.9 Å². The Bertz CT molecular complexity index is 425. The molecule has 1 aromatic rings. The molecular weight excluding hydrogens is 212 g/mol. The zero-order valence-electron chi connectivity index (χ0n) is 11.4. The molecule has 0 aliphatic heterocycles. The fraction of sp³-hybridized carbons (Fsp3) is 0.533. The van der Waals surface area contributed by atoms with Gasteiger partial charge in [-0.2, -0.15) is 0 Å². The summed E-state index contributed by atoms with van der Waals surface area (Å²) < 4.78 is 0. The molecule has 0 heterocycles. The Labute approximate surface area is 104 Å². The molecule has 0 unspecified atom stereocenters. The second-order valence-corrected chi connectivity index (χ2v) is 5.63. The molecule has 0 atom stereocenters. The molecule has 94 valence electrons. The normalized spacial score (nSPS) is 11.6. The van der Waals surface area contributed by atoms with Crippen molar-refractivity contribution < 1.29 is 9.90 Å². The van der Waals surface area contributed by atoms with E-state index in [0.717, 1.165) is 17.5 Å². The Balaban J connectivity index is 3.36. The molecular formula is C15H22O2. The van der Waals surface area contributed by atoms with Crippen molar-refractivity contribution in [3.8, 4) is 5.75 Å². The molecule has 0 spiro atoms. The van der Waals surface area contributed by atoms with E-state index in [1.54, 1.807) is 6.92 Å². The molecule has 0 aromatic heterocycles. The summed E-state index contributed by atoms with van der Waals surface area (Å²) in [5, 5.41) is 10.2. The third-order valence-corrected chi connectivity index (χ3v) is 2.90. The molecule has 1 N–H and O–H groups in total. The van der Waals surface area contributed by atoms with Gasteiger partial charge in [0.05, 0.1) is 0 Å². The number of carbonyl (C=O) groups excluding carboxylic acids is 1. The van der Waals surface area contributed by atoms with E-state index in [2.05, 4.69) is 27.7 Å². The van der Waals surface area contributed by atoms with Gasteiger partial charge in [0.2, 0.25) is 0 Å². The van der Waals surface area contributed by atoms with Crippen LogP contribution in [-0.4, -0.2) is 10.9 Å². The Hall–Kier alpha value is -1.31. The minimum Gasteiger partial charge on any atom is -0.507 e. The number of Topliss-reactive ketones (excluding diaryl/α,β-unsaturated/α-hetero) is 1. The summed E-state index contributed by atoms with van der Waals surface area (Å²) in [5.41, 5.74) is 2.74. The van der Waals surface area contributed by atoms with Crippen molar-refractivity contribution >= 4 is 5.78 Å². The van der Waals surface area contributed by atoms with Crippen molar-refractivity contribution in [1.82, 2.24) is 0 Å². The number of ketones is 1. The largest absolute Gasteiger partial charge is 0.507 e. The standard InChI is InChI=1S/C15H22O2/c1-6-11-8-12(7-10(2)16)14(17)13(9-11)15(3,4)5/h8-9,17H,6-7H2,1-5H3. The fourth-order valence-corrected chi connectivity index (χ4v) is 1.94. The van der Waals surface area contributed by atoms with Gasteiger partial charge in [0, 0.05) is 12.0 Å². The third-order valence-electron chi connectivity index (χ3n) is 2.90. The van der Waals surface area contributed by atoms with Crippen LogP contribution in [0.1, 0.15) is 51.3 Å². The average molecular weight is 234 g/mol. The Morgan fingerprint density at radius 1 is 1.29 bits per heavy atom. The zero-order chi connectivity index (χ0) is 13.2. The van der Waals surface area contributed by atoms with Crippen LogP contribution >= 0.6 is 0 Å². The number of hydrogen-bond donors (Lipinski definition) is 1. The van der Waals surface area contributed by atoms with Crippen molar-refractivity contribution in [2.75, 3.05) is 0 Å². The minimum atomic E-state index is -0.110. The first-order valence-corrected chi connectivity index (χ1v) is 6.10. The van der Waals surface area contributed by atoms with E-state index in [1.807, 2.05) is 12.1 Å². The zero-order valence-corrected chi connectivity index (χ0v) is 11.4. The Kier molecular flexibility index (Phi) is 3.97. The van der Waals surface area contributed by atoms with Gasteiger partial charge in [-0.05, 0) is 29.9 Å². The first-order valence-electron chi connectivity index (χ1n) is 6.10. The molecule has 1 aromatic carbocycles. The number of phenols is 1. The minimum absolute atomic E-state index is 0.0772. The number of benzene rings is 1. The van der Waals surface area contributed by atoms with Crippen LogP contribution in [0.3, 0.4) is 0 Å². The highest BCUT2D eigenvalue weighted by atomic mass is 16.3. The van der Waals surface area contributed by atoms with Gasteiger partial charge in [-0.1, -0.05) is 39.8 Å². The van der Waals surface area contributed by atoms with Crippen molar-refractivity contribution in [3.05, 3.63) is 28.8 Å². The molecule has 2 nitrogen and oxygen atoms in total. The van der Waals surface area contributed by atoms with Gasteiger partial charge in [0.25, 0.3) is 0 Å². The molecule has 0 radical (unpaired) electrons. The molecule has 0 saturated heterocycles. The van der Waals surface area contributed by atoms with Crippen LogP contribution in [0.25, 0.3) is 0 Å². The van der Waals surface area contributed by atoms with E-state index in [1.165, 1.54) is 5.56 Å². The van der Waals surface area contributed by atoms with E-state index in [9.17, 15) is 9.90 Å². The van der Waals surface area contributed by atoms with Gasteiger partial charge in [-0.15, -0.1) is 0 Å². The summed E-state index contributed by atoms with van der Waals surface area (Å²) in [5.74, 6) is 0.360. The van der Waals surface area contributed by atoms with Gasteiger partial charge in [-0.25, -0.2) is 0 Å². The van der Waals surface area contributed by atoms with Crippen LogP contribution in [0, 0.1) is 0 Å². The highest BCUT2D eigenvalue weighted by Gasteiger charge is 2.21. The topological polar surface area (TPSA) is 37.3 Å². The van der Waals surface area contributed by atoms with Gasteiger partial charge in [0.15, 0.2) is 0 Å². The number of aromatic hydroxyl groups is 1. The van der Waals surface area contributed by atoms with E-state index in [0.29, 0.717) is 6.42 Å². The van der Waals surface area contributed by atoms with Crippen LogP contribution in [-0.2, 0) is 23.1 Å². The van der Waals surface area contributed by atoms with Crippen LogP contribution in [0.5, 0.6) is 5.75 Å². The highest BCUT2D eigenvalue weighted by Crippen LogP contribution is 2.34. The van der Waals surface area contributed by atoms with Crippen molar-refractivity contribution in [2.45, 2.75) is 52.9 Å². The molecule has 0 aliphatic rings. The lowest BCUT2D eigenvalue weighted by Crippen LogP contribution is -2.13. The van der Waals surface area contributed by atoms with Crippen LogP contribution in [0.4, 0.5) is 0 Å². The van der Waals surface area contributed by atoms with Gasteiger partial charge in [0.1, 0.15) is 11.5 Å². The Morgan fingerprint density at radius 2 is 1.88 bits per heavy atom. The Morgan fingerprint density at radius 3 is 2.29 bits per heavy atom.